The van der Waals surface area contributed by atoms with Crippen molar-refractivity contribution in [2.75, 3.05) is 17.2 Å². The average Bonchev–Trinajstić information content (AvgIpc) is 2.53. The van der Waals surface area contributed by atoms with Crippen molar-refractivity contribution in [3.8, 4) is 0 Å². The van der Waals surface area contributed by atoms with E-state index in [1.54, 1.807) is 0 Å². The molecule has 2 aromatic heterocycles. The standard InChI is InChI=1S/C17H18N4/c1-2-18-16-11-15(8-10-19-16)21-12-14-6-3-5-13-7-4-9-20-17(13)14/h3-11H,2,12H2,1H3,(H2,18,19,21). The van der Waals surface area contributed by atoms with Crippen LogP contribution in [0.5, 0.6) is 0 Å². The zero-order valence-corrected chi connectivity index (χ0v) is 12.0. The van der Waals surface area contributed by atoms with E-state index in [0.29, 0.717) is 0 Å². The van der Waals surface area contributed by atoms with Gasteiger partial charge in [-0.25, -0.2) is 4.98 Å². The van der Waals surface area contributed by atoms with Crippen molar-refractivity contribution in [3.05, 3.63) is 60.4 Å². The number of benzene rings is 1. The molecule has 2 heterocycles. The van der Waals surface area contributed by atoms with Crippen LogP contribution in [0, 0.1) is 0 Å². The molecule has 0 radical (unpaired) electrons. The highest BCUT2D eigenvalue weighted by molar-refractivity contribution is 5.81. The van der Waals surface area contributed by atoms with Gasteiger partial charge in [-0.05, 0) is 24.6 Å². The van der Waals surface area contributed by atoms with Crippen LogP contribution in [0.15, 0.2) is 54.9 Å². The summed E-state index contributed by atoms with van der Waals surface area (Å²) >= 11 is 0. The molecule has 3 rings (SSSR count). The van der Waals surface area contributed by atoms with E-state index in [1.807, 2.05) is 30.6 Å². The van der Waals surface area contributed by atoms with Crippen LogP contribution in [0.2, 0.25) is 0 Å². The van der Waals surface area contributed by atoms with Crippen molar-refractivity contribution >= 4 is 22.4 Å². The van der Waals surface area contributed by atoms with Crippen molar-refractivity contribution in [3.63, 3.8) is 0 Å². The number of anilines is 2. The fourth-order valence-electron chi connectivity index (χ4n) is 2.33. The van der Waals surface area contributed by atoms with Gasteiger partial charge >= 0.3 is 0 Å². The van der Waals surface area contributed by atoms with Crippen molar-refractivity contribution in [1.82, 2.24) is 9.97 Å². The minimum absolute atomic E-state index is 0.740. The third-order valence-electron chi connectivity index (χ3n) is 3.32. The van der Waals surface area contributed by atoms with E-state index < -0.39 is 0 Å². The third-order valence-corrected chi connectivity index (χ3v) is 3.32. The highest BCUT2D eigenvalue weighted by atomic mass is 15.0. The van der Waals surface area contributed by atoms with Crippen molar-refractivity contribution in [1.29, 1.82) is 0 Å². The Balaban J connectivity index is 1.79. The first-order valence-electron chi connectivity index (χ1n) is 7.13. The number of aromatic nitrogens is 2. The number of hydrogen-bond donors (Lipinski definition) is 2. The van der Waals surface area contributed by atoms with Crippen LogP contribution >= 0.6 is 0 Å². The van der Waals surface area contributed by atoms with Gasteiger partial charge in [-0.2, -0.15) is 0 Å². The summed E-state index contributed by atoms with van der Waals surface area (Å²) in [6, 6.07) is 14.3. The number of para-hydroxylation sites is 1. The maximum absolute atomic E-state index is 4.48. The van der Waals surface area contributed by atoms with E-state index in [-0.39, 0.29) is 0 Å². The lowest BCUT2D eigenvalue weighted by Crippen LogP contribution is -2.03. The molecule has 4 nitrogen and oxygen atoms in total. The van der Waals surface area contributed by atoms with Crippen LogP contribution in [-0.4, -0.2) is 16.5 Å². The van der Waals surface area contributed by atoms with Crippen LogP contribution in [0.3, 0.4) is 0 Å². The number of fused-ring (bicyclic) bond motifs is 1. The van der Waals surface area contributed by atoms with E-state index in [9.17, 15) is 0 Å². The number of hydrogen-bond acceptors (Lipinski definition) is 4. The summed E-state index contributed by atoms with van der Waals surface area (Å²) in [5.74, 6) is 0.888. The second-order valence-electron chi connectivity index (χ2n) is 4.81. The van der Waals surface area contributed by atoms with Gasteiger partial charge < -0.3 is 10.6 Å². The molecule has 106 valence electrons. The van der Waals surface area contributed by atoms with Gasteiger partial charge in [-0.3, -0.25) is 4.98 Å². The molecule has 3 aromatic rings. The molecular weight excluding hydrogens is 260 g/mol. The summed E-state index contributed by atoms with van der Waals surface area (Å²) in [7, 11) is 0. The van der Waals surface area contributed by atoms with E-state index in [0.717, 1.165) is 30.1 Å². The van der Waals surface area contributed by atoms with E-state index in [2.05, 4.69) is 51.8 Å². The van der Waals surface area contributed by atoms with Crippen LogP contribution in [0.25, 0.3) is 10.9 Å². The van der Waals surface area contributed by atoms with Crippen molar-refractivity contribution < 1.29 is 0 Å². The van der Waals surface area contributed by atoms with E-state index in [4.69, 9.17) is 0 Å². The van der Waals surface area contributed by atoms with Crippen LogP contribution < -0.4 is 10.6 Å². The van der Waals surface area contributed by atoms with Crippen LogP contribution in [0.4, 0.5) is 11.5 Å². The number of rotatable bonds is 5. The summed E-state index contributed by atoms with van der Waals surface area (Å²) < 4.78 is 0. The van der Waals surface area contributed by atoms with Gasteiger partial charge in [0.2, 0.25) is 0 Å². The normalized spacial score (nSPS) is 10.5. The van der Waals surface area contributed by atoms with Gasteiger partial charge in [0.25, 0.3) is 0 Å². The fourth-order valence-corrected chi connectivity index (χ4v) is 2.33. The van der Waals surface area contributed by atoms with E-state index in [1.165, 1.54) is 10.9 Å². The SMILES string of the molecule is CCNc1cc(NCc2cccc3cccnc23)ccn1. The lowest BCUT2D eigenvalue weighted by atomic mass is 10.1. The van der Waals surface area contributed by atoms with Gasteiger partial charge in [0, 0.05) is 42.6 Å². The maximum Gasteiger partial charge on any atom is 0.127 e. The molecule has 0 aliphatic heterocycles. The molecule has 4 heteroatoms. The van der Waals surface area contributed by atoms with Gasteiger partial charge in [0.15, 0.2) is 0 Å². The number of nitrogens with one attached hydrogen (secondary N) is 2. The molecule has 0 atom stereocenters. The topological polar surface area (TPSA) is 49.8 Å². The predicted molar refractivity (Wildman–Crippen MR) is 87.5 cm³/mol. The molecule has 0 fully saturated rings. The lowest BCUT2D eigenvalue weighted by Gasteiger charge is -2.10. The smallest absolute Gasteiger partial charge is 0.127 e. The Hall–Kier alpha value is -2.62. The van der Waals surface area contributed by atoms with Gasteiger partial charge in [-0.1, -0.05) is 24.3 Å². The zero-order chi connectivity index (χ0) is 14.5. The molecule has 2 N–H and O–H groups in total. The van der Waals surface area contributed by atoms with Crippen LogP contribution in [-0.2, 0) is 6.54 Å². The summed E-state index contributed by atoms with van der Waals surface area (Å²) in [5, 5.41) is 7.81. The minimum atomic E-state index is 0.740. The van der Waals surface area contributed by atoms with Crippen molar-refractivity contribution in [2.24, 2.45) is 0 Å². The number of nitrogens with zero attached hydrogens (tertiary/aromatic N) is 2. The lowest BCUT2D eigenvalue weighted by molar-refractivity contribution is 1.13. The maximum atomic E-state index is 4.48. The quantitative estimate of drug-likeness (QED) is 0.747. The Morgan fingerprint density at radius 2 is 1.86 bits per heavy atom. The molecule has 21 heavy (non-hydrogen) atoms. The average molecular weight is 278 g/mol. The molecule has 0 unspecified atom stereocenters. The molecular formula is C17H18N4. The van der Waals surface area contributed by atoms with Gasteiger partial charge in [-0.15, -0.1) is 0 Å². The zero-order valence-electron chi connectivity index (χ0n) is 12.0. The molecule has 0 aliphatic rings. The first-order valence-corrected chi connectivity index (χ1v) is 7.13. The second kappa shape index (κ2) is 6.22. The highest BCUT2D eigenvalue weighted by Gasteiger charge is 2.02. The summed E-state index contributed by atoms with van der Waals surface area (Å²) in [4.78, 5) is 8.75. The molecule has 0 bridgehead atoms. The predicted octanol–water partition coefficient (Wildman–Crippen LogP) is 3.67. The van der Waals surface area contributed by atoms with Gasteiger partial charge in [0.05, 0.1) is 5.52 Å². The molecule has 0 aliphatic carbocycles. The minimum Gasteiger partial charge on any atom is -0.381 e. The Morgan fingerprint density at radius 3 is 2.76 bits per heavy atom. The summed E-state index contributed by atoms with van der Waals surface area (Å²) in [6.07, 6.45) is 3.64. The van der Waals surface area contributed by atoms with Crippen molar-refractivity contribution in [2.45, 2.75) is 13.5 Å². The first-order chi connectivity index (χ1) is 10.4. The Bertz CT molecular complexity index is 734. The molecule has 1 aromatic carbocycles. The monoisotopic (exact) mass is 278 g/mol. The second-order valence-corrected chi connectivity index (χ2v) is 4.81. The summed E-state index contributed by atoms with van der Waals surface area (Å²) in [5.41, 5.74) is 3.29. The fraction of sp³-hybridized carbons (Fsp3) is 0.176. The Morgan fingerprint density at radius 1 is 0.952 bits per heavy atom. The molecule has 0 saturated carbocycles. The number of pyridine rings is 2. The molecule has 0 saturated heterocycles. The van der Waals surface area contributed by atoms with Gasteiger partial charge in [0.1, 0.15) is 5.82 Å². The molecule has 0 spiro atoms. The Kier molecular flexibility index (Phi) is 3.96. The van der Waals surface area contributed by atoms with Crippen LogP contribution in [0.1, 0.15) is 12.5 Å². The third kappa shape index (κ3) is 3.11. The molecule has 0 amide bonds. The summed E-state index contributed by atoms with van der Waals surface area (Å²) in [6.45, 7) is 3.66. The first kappa shape index (κ1) is 13.4. The van der Waals surface area contributed by atoms with E-state index >= 15 is 0 Å². The highest BCUT2D eigenvalue weighted by Crippen LogP contribution is 2.18. The Labute approximate surface area is 124 Å². The largest absolute Gasteiger partial charge is 0.381 e.